The van der Waals surface area contributed by atoms with Gasteiger partial charge >= 0.3 is 0 Å². The van der Waals surface area contributed by atoms with Crippen molar-refractivity contribution in [3.8, 4) is 0 Å². The second-order valence-corrected chi connectivity index (χ2v) is 6.46. The van der Waals surface area contributed by atoms with Gasteiger partial charge in [-0.1, -0.05) is 19.8 Å². The third kappa shape index (κ3) is 3.52. The fraction of sp³-hybridized carbons (Fsp3) is 0.786. The van der Waals surface area contributed by atoms with Crippen molar-refractivity contribution in [3.63, 3.8) is 0 Å². The number of hydrogen-bond donors (Lipinski definition) is 1. The van der Waals surface area contributed by atoms with E-state index in [1.165, 1.54) is 30.7 Å². The molecular weight excluding hydrogens is 228 g/mol. The van der Waals surface area contributed by atoms with Gasteiger partial charge in [0.2, 0.25) is 0 Å². The van der Waals surface area contributed by atoms with Crippen LogP contribution in [-0.4, -0.2) is 18.1 Å². The molecule has 3 unspecified atom stereocenters. The van der Waals surface area contributed by atoms with Crippen molar-refractivity contribution in [2.45, 2.75) is 52.0 Å². The van der Waals surface area contributed by atoms with Gasteiger partial charge in [0.25, 0.3) is 0 Å². The van der Waals surface area contributed by atoms with Crippen LogP contribution in [0.5, 0.6) is 0 Å². The molecule has 1 aliphatic carbocycles. The molecule has 96 valence electrons. The number of aromatic nitrogens is 1. The smallest absolute Gasteiger partial charge is 0.0943 e. The molecule has 2 nitrogen and oxygen atoms in total. The lowest BCUT2D eigenvalue weighted by atomic mass is 9.78. The minimum Gasteiger partial charge on any atom is -0.316 e. The summed E-state index contributed by atoms with van der Waals surface area (Å²) in [6.45, 7) is 4.48. The summed E-state index contributed by atoms with van der Waals surface area (Å²) in [4.78, 5) is 4.59. The topological polar surface area (TPSA) is 24.9 Å². The largest absolute Gasteiger partial charge is 0.316 e. The van der Waals surface area contributed by atoms with Gasteiger partial charge in [-0.2, -0.15) is 0 Å². The summed E-state index contributed by atoms with van der Waals surface area (Å²) in [5.41, 5.74) is 1.16. The molecule has 3 heteroatoms. The first-order valence-corrected chi connectivity index (χ1v) is 7.65. The Morgan fingerprint density at radius 2 is 2.35 bits per heavy atom. The van der Waals surface area contributed by atoms with Gasteiger partial charge in [-0.05, 0) is 38.6 Å². The fourth-order valence-electron chi connectivity index (χ4n) is 3.04. The molecule has 1 heterocycles. The average Bonchev–Trinajstić information content (AvgIpc) is 2.72. The highest BCUT2D eigenvalue weighted by molar-refractivity contribution is 7.09. The third-order valence-corrected chi connectivity index (χ3v) is 4.97. The third-order valence-electron chi connectivity index (χ3n) is 3.98. The van der Waals surface area contributed by atoms with Gasteiger partial charge < -0.3 is 5.32 Å². The fourth-order valence-corrected chi connectivity index (χ4v) is 3.87. The zero-order valence-electron chi connectivity index (χ0n) is 11.2. The Morgan fingerprint density at radius 3 is 2.94 bits per heavy atom. The molecule has 2 rings (SSSR count). The Balaban J connectivity index is 1.95. The van der Waals surface area contributed by atoms with E-state index >= 15 is 0 Å². The van der Waals surface area contributed by atoms with Gasteiger partial charge in [0.05, 0.1) is 5.01 Å². The van der Waals surface area contributed by atoms with Crippen LogP contribution in [0, 0.1) is 18.8 Å². The Bertz CT molecular complexity index is 348. The highest BCUT2D eigenvalue weighted by Gasteiger charge is 2.26. The highest BCUT2D eigenvalue weighted by Crippen LogP contribution is 2.32. The van der Waals surface area contributed by atoms with Crippen molar-refractivity contribution in [1.29, 1.82) is 0 Å². The van der Waals surface area contributed by atoms with E-state index in [2.05, 4.69) is 36.6 Å². The molecular formula is C14H24N2S. The van der Waals surface area contributed by atoms with Gasteiger partial charge in [-0.25, -0.2) is 4.98 Å². The van der Waals surface area contributed by atoms with Crippen molar-refractivity contribution >= 4 is 11.3 Å². The molecule has 0 aromatic carbocycles. The van der Waals surface area contributed by atoms with Crippen molar-refractivity contribution in [1.82, 2.24) is 10.3 Å². The molecule has 0 aliphatic heterocycles. The predicted molar refractivity (Wildman–Crippen MR) is 74.5 cm³/mol. The summed E-state index contributed by atoms with van der Waals surface area (Å²) in [5.74, 6) is 1.75. The van der Waals surface area contributed by atoms with E-state index < -0.39 is 0 Å². The number of likely N-dealkylation sites (N-methyl/N-ethyl adjacent to an activating group) is 1. The SMILES string of the molecule is CNC(Cc1nc(C)cs1)C1CCCC(C)C1. The van der Waals surface area contributed by atoms with Crippen LogP contribution >= 0.6 is 11.3 Å². The van der Waals surface area contributed by atoms with E-state index in [9.17, 15) is 0 Å². The predicted octanol–water partition coefficient (Wildman–Crippen LogP) is 3.41. The van der Waals surface area contributed by atoms with Gasteiger partial charge in [-0.3, -0.25) is 0 Å². The molecule has 3 atom stereocenters. The minimum atomic E-state index is 0.614. The average molecular weight is 252 g/mol. The van der Waals surface area contributed by atoms with Crippen molar-refractivity contribution in [2.24, 2.45) is 11.8 Å². The second-order valence-electron chi connectivity index (χ2n) is 5.51. The van der Waals surface area contributed by atoms with Crippen molar-refractivity contribution in [2.75, 3.05) is 7.05 Å². The zero-order valence-corrected chi connectivity index (χ0v) is 12.0. The van der Waals surface area contributed by atoms with Crippen LogP contribution in [0.2, 0.25) is 0 Å². The molecule has 1 N–H and O–H groups in total. The van der Waals surface area contributed by atoms with E-state index in [1.54, 1.807) is 11.3 Å². The van der Waals surface area contributed by atoms with Crippen LogP contribution in [0.15, 0.2) is 5.38 Å². The lowest BCUT2D eigenvalue weighted by Crippen LogP contribution is -2.37. The highest BCUT2D eigenvalue weighted by atomic mass is 32.1. The second kappa shape index (κ2) is 5.96. The summed E-state index contributed by atoms with van der Waals surface area (Å²) >= 11 is 1.81. The molecule has 1 aromatic heterocycles. The van der Waals surface area contributed by atoms with Crippen molar-refractivity contribution < 1.29 is 0 Å². The molecule has 0 spiro atoms. The summed E-state index contributed by atoms with van der Waals surface area (Å²) in [6.07, 6.45) is 6.70. The lowest BCUT2D eigenvalue weighted by Gasteiger charge is -2.32. The van der Waals surface area contributed by atoms with Gasteiger partial charge in [0.1, 0.15) is 0 Å². The quantitative estimate of drug-likeness (QED) is 0.888. The Labute approximate surface area is 109 Å². The molecule has 0 amide bonds. The number of thiazole rings is 1. The van der Waals surface area contributed by atoms with E-state index in [1.807, 2.05) is 0 Å². The van der Waals surface area contributed by atoms with Crippen LogP contribution < -0.4 is 5.32 Å². The Morgan fingerprint density at radius 1 is 1.53 bits per heavy atom. The van der Waals surface area contributed by atoms with E-state index in [0.29, 0.717) is 6.04 Å². The number of rotatable bonds is 4. The zero-order chi connectivity index (χ0) is 12.3. The summed E-state index contributed by atoms with van der Waals surface area (Å²) in [5, 5.41) is 6.97. The maximum Gasteiger partial charge on any atom is 0.0943 e. The van der Waals surface area contributed by atoms with Crippen LogP contribution in [0.25, 0.3) is 0 Å². The van der Waals surface area contributed by atoms with Crippen LogP contribution in [0.4, 0.5) is 0 Å². The Kier molecular flexibility index (Phi) is 4.57. The van der Waals surface area contributed by atoms with Crippen molar-refractivity contribution in [3.05, 3.63) is 16.1 Å². The normalized spacial score (nSPS) is 27.0. The summed E-state index contributed by atoms with van der Waals surface area (Å²) in [6, 6.07) is 0.614. The molecule has 0 radical (unpaired) electrons. The molecule has 1 aliphatic rings. The van der Waals surface area contributed by atoms with E-state index in [-0.39, 0.29) is 0 Å². The van der Waals surface area contributed by atoms with Gasteiger partial charge in [-0.15, -0.1) is 11.3 Å². The number of aryl methyl sites for hydroxylation is 1. The maximum absolute atomic E-state index is 4.59. The number of hydrogen-bond acceptors (Lipinski definition) is 3. The first-order valence-electron chi connectivity index (χ1n) is 6.77. The van der Waals surface area contributed by atoms with E-state index in [0.717, 1.165) is 24.0 Å². The van der Waals surface area contributed by atoms with Crippen LogP contribution in [-0.2, 0) is 6.42 Å². The van der Waals surface area contributed by atoms with Crippen LogP contribution in [0.3, 0.4) is 0 Å². The summed E-state index contributed by atoms with van der Waals surface area (Å²) in [7, 11) is 2.10. The summed E-state index contributed by atoms with van der Waals surface area (Å²) < 4.78 is 0. The molecule has 17 heavy (non-hydrogen) atoms. The van der Waals surface area contributed by atoms with E-state index in [4.69, 9.17) is 0 Å². The number of nitrogens with one attached hydrogen (secondary N) is 1. The first kappa shape index (κ1) is 13.0. The Hall–Kier alpha value is -0.410. The van der Waals surface area contributed by atoms with Gasteiger partial charge in [0.15, 0.2) is 0 Å². The lowest BCUT2D eigenvalue weighted by molar-refractivity contribution is 0.227. The maximum atomic E-state index is 4.59. The number of nitrogens with zero attached hydrogens (tertiary/aromatic N) is 1. The first-order chi connectivity index (χ1) is 8.19. The van der Waals surface area contributed by atoms with Gasteiger partial charge in [0, 0.05) is 23.5 Å². The molecule has 0 saturated heterocycles. The van der Waals surface area contributed by atoms with Crippen LogP contribution in [0.1, 0.15) is 43.3 Å². The standard InChI is InChI=1S/C14H24N2S/c1-10-5-4-6-12(7-10)13(15-3)8-14-16-11(2)9-17-14/h9-10,12-13,15H,4-8H2,1-3H3. The molecule has 1 saturated carbocycles. The molecule has 1 fully saturated rings. The monoisotopic (exact) mass is 252 g/mol. The molecule has 1 aromatic rings. The molecule has 0 bridgehead atoms. The minimum absolute atomic E-state index is 0.614.